The Hall–Kier alpha value is -2.45. The van der Waals surface area contributed by atoms with E-state index < -0.39 is 4.92 Å². The van der Waals surface area contributed by atoms with Crippen molar-refractivity contribution < 1.29 is 9.72 Å². The molecule has 1 aromatic carbocycles. The molecule has 24 heavy (non-hydrogen) atoms. The monoisotopic (exact) mass is 351 g/mol. The van der Waals surface area contributed by atoms with Crippen LogP contribution in [0.25, 0.3) is 5.69 Å². The van der Waals surface area contributed by atoms with Crippen LogP contribution in [0, 0.1) is 10.1 Å². The molecule has 9 heteroatoms. The third-order valence-corrected chi connectivity index (χ3v) is 3.88. The van der Waals surface area contributed by atoms with Crippen molar-refractivity contribution in [2.45, 2.75) is 18.9 Å². The van der Waals surface area contributed by atoms with E-state index in [1.807, 2.05) is 0 Å². The summed E-state index contributed by atoms with van der Waals surface area (Å²) in [6, 6.07) is 7.66. The molecule has 1 unspecified atom stereocenters. The Morgan fingerprint density at radius 1 is 1.29 bits per heavy atom. The lowest BCUT2D eigenvalue weighted by Crippen LogP contribution is -2.45. The molecule has 1 amide bonds. The van der Waals surface area contributed by atoms with E-state index in [1.54, 1.807) is 29.3 Å². The number of nitro benzene ring substituents is 1. The fourth-order valence-electron chi connectivity index (χ4n) is 2.67. The van der Waals surface area contributed by atoms with Gasteiger partial charge in [0.25, 0.3) is 11.6 Å². The summed E-state index contributed by atoms with van der Waals surface area (Å²) in [7, 11) is 0. The summed E-state index contributed by atoms with van der Waals surface area (Å²) in [4.78, 5) is 24.4. The third kappa shape index (κ3) is 3.72. The van der Waals surface area contributed by atoms with Crippen LogP contribution >= 0.6 is 12.4 Å². The van der Waals surface area contributed by atoms with Crippen molar-refractivity contribution in [3.8, 4) is 5.69 Å². The molecule has 3 rings (SSSR count). The maximum absolute atomic E-state index is 12.4. The van der Waals surface area contributed by atoms with Crippen LogP contribution in [0.4, 0.5) is 5.69 Å². The Balaban J connectivity index is 0.00000208. The second-order valence-electron chi connectivity index (χ2n) is 5.57. The molecule has 1 aliphatic rings. The molecule has 0 radical (unpaired) electrons. The minimum atomic E-state index is -0.457. The van der Waals surface area contributed by atoms with Crippen LogP contribution in [0.15, 0.2) is 36.5 Å². The van der Waals surface area contributed by atoms with Crippen LogP contribution in [-0.2, 0) is 0 Å². The molecule has 1 saturated heterocycles. The molecule has 2 N–H and O–H groups in total. The highest BCUT2D eigenvalue weighted by Gasteiger charge is 2.23. The molecule has 1 aromatic heterocycles. The molecule has 128 valence electrons. The van der Waals surface area contributed by atoms with Gasteiger partial charge in [0.1, 0.15) is 0 Å². The van der Waals surface area contributed by atoms with Gasteiger partial charge in [-0.3, -0.25) is 14.9 Å². The van der Waals surface area contributed by atoms with E-state index in [1.165, 1.54) is 16.8 Å². The van der Waals surface area contributed by atoms with Gasteiger partial charge in [-0.25, -0.2) is 4.68 Å². The van der Waals surface area contributed by atoms with E-state index in [0.717, 1.165) is 12.8 Å². The van der Waals surface area contributed by atoms with Gasteiger partial charge in [0, 0.05) is 37.5 Å². The fourth-order valence-corrected chi connectivity index (χ4v) is 2.67. The largest absolute Gasteiger partial charge is 0.336 e. The van der Waals surface area contributed by atoms with Gasteiger partial charge in [-0.05, 0) is 31.0 Å². The molecule has 0 bridgehead atoms. The first-order valence-corrected chi connectivity index (χ1v) is 7.40. The number of nitrogens with zero attached hydrogens (tertiary/aromatic N) is 4. The summed E-state index contributed by atoms with van der Waals surface area (Å²) >= 11 is 0. The van der Waals surface area contributed by atoms with Gasteiger partial charge in [-0.2, -0.15) is 5.10 Å². The number of aromatic nitrogens is 2. The minimum Gasteiger partial charge on any atom is -0.336 e. The highest BCUT2D eigenvalue weighted by atomic mass is 35.5. The second-order valence-corrected chi connectivity index (χ2v) is 5.57. The molecule has 2 aromatic rings. The van der Waals surface area contributed by atoms with Crippen LogP contribution in [0.5, 0.6) is 0 Å². The number of amides is 1. The molecule has 0 saturated carbocycles. The SMILES string of the molecule is Cl.NC1CCCN(C(=O)c2ccn(-c3ccc([N+](=O)[O-])cc3)n2)C1. The molecule has 1 fully saturated rings. The number of carbonyl (C=O) groups excluding carboxylic acids is 1. The predicted molar refractivity (Wildman–Crippen MR) is 90.6 cm³/mol. The first kappa shape index (κ1) is 17.9. The van der Waals surface area contributed by atoms with Crippen LogP contribution in [0.1, 0.15) is 23.3 Å². The van der Waals surface area contributed by atoms with Gasteiger partial charge in [0.05, 0.1) is 10.6 Å². The molecule has 8 nitrogen and oxygen atoms in total. The number of halogens is 1. The zero-order valence-electron chi connectivity index (χ0n) is 12.9. The quantitative estimate of drug-likeness (QED) is 0.669. The second kappa shape index (κ2) is 7.41. The van der Waals surface area contributed by atoms with Crippen LogP contribution in [-0.4, -0.2) is 44.6 Å². The van der Waals surface area contributed by atoms with E-state index in [4.69, 9.17) is 5.73 Å². The number of hydrogen-bond acceptors (Lipinski definition) is 5. The zero-order valence-corrected chi connectivity index (χ0v) is 13.7. The van der Waals surface area contributed by atoms with Gasteiger partial charge < -0.3 is 10.6 Å². The molecule has 2 heterocycles. The summed E-state index contributed by atoms with van der Waals surface area (Å²) in [5, 5.41) is 14.9. The molecule has 0 aliphatic carbocycles. The number of non-ortho nitro benzene ring substituents is 1. The van der Waals surface area contributed by atoms with Crippen molar-refractivity contribution in [2.24, 2.45) is 5.73 Å². The lowest BCUT2D eigenvalue weighted by Gasteiger charge is -2.30. The number of nitro groups is 1. The summed E-state index contributed by atoms with van der Waals surface area (Å²) in [6.07, 6.45) is 3.50. The molecular weight excluding hydrogens is 334 g/mol. The van der Waals surface area contributed by atoms with Crippen molar-refractivity contribution in [2.75, 3.05) is 13.1 Å². The number of nitrogens with two attached hydrogens (primary N) is 1. The lowest BCUT2D eigenvalue weighted by molar-refractivity contribution is -0.384. The standard InChI is InChI=1S/C15H17N5O3.ClH/c16-11-2-1-8-18(10-11)15(21)14-7-9-19(17-14)12-3-5-13(6-4-12)20(22)23;/h3-7,9,11H,1-2,8,10,16H2;1H. The number of piperidine rings is 1. The highest BCUT2D eigenvalue weighted by Crippen LogP contribution is 2.16. The summed E-state index contributed by atoms with van der Waals surface area (Å²) in [5.74, 6) is -0.138. The Kier molecular flexibility index (Phi) is 5.53. The van der Waals surface area contributed by atoms with Crippen LogP contribution in [0.3, 0.4) is 0 Å². The molecule has 0 spiro atoms. The van der Waals surface area contributed by atoms with E-state index in [9.17, 15) is 14.9 Å². The molecule has 1 atom stereocenters. The normalized spacial score (nSPS) is 17.2. The molecular formula is C15H18ClN5O3. The third-order valence-electron chi connectivity index (χ3n) is 3.88. The maximum atomic E-state index is 12.4. The Morgan fingerprint density at radius 3 is 2.62 bits per heavy atom. The van der Waals surface area contributed by atoms with Crippen molar-refractivity contribution >= 4 is 24.0 Å². The van der Waals surface area contributed by atoms with E-state index in [2.05, 4.69) is 5.10 Å². The minimum absolute atomic E-state index is 0. The van der Waals surface area contributed by atoms with Crippen molar-refractivity contribution in [1.82, 2.24) is 14.7 Å². The van der Waals surface area contributed by atoms with Gasteiger partial charge in [-0.15, -0.1) is 12.4 Å². The summed E-state index contributed by atoms with van der Waals surface area (Å²) < 4.78 is 1.53. The van der Waals surface area contributed by atoms with Gasteiger partial charge >= 0.3 is 0 Å². The average Bonchev–Trinajstić information content (AvgIpc) is 3.04. The van der Waals surface area contributed by atoms with Crippen LogP contribution < -0.4 is 5.73 Å². The Morgan fingerprint density at radius 2 is 2.00 bits per heavy atom. The van der Waals surface area contributed by atoms with Crippen molar-refractivity contribution in [3.05, 3.63) is 52.3 Å². The lowest BCUT2D eigenvalue weighted by atomic mass is 10.1. The van der Waals surface area contributed by atoms with Gasteiger partial charge in [0.15, 0.2) is 5.69 Å². The smallest absolute Gasteiger partial charge is 0.274 e. The Labute approximate surface area is 144 Å². The van der Waals surface area contributed by atoms with Crippen LogP contribution in [0.2, 0.25) is 0 Å². The number of rotatable bonds is 3. The van der Waals surface area contributed by atoms with Gasteiger partial charge in [0.2, 0.25) is 0 Å². The summed E-state index contributed by atoms with van der Waals surface area (Å²) in [5.41, 5.74) is 6.92. The average molecular weight is 352 g/mol. The van der Waals surface area contributed by atoms with E-state index in [0.29, 0.717) is 24.5 Å². The topological polar surface area (TPSA) is 107 Å². The maximum Gasteiger partial charge on any atom is 0.274 e. The first-order valence-electron chi connectivity index (χ1n) is 7.40. The van der Waals surface area contributed by atoms with Gasteiger partial charge in [-0.1, -0.05) is 0 Å². The fraction of sp³-hybridized carbons (Fsp3) is 0.333. The van der Waals surface area contributed by atoms with Crippen molar-refractivity contribution in [3.63, 3.8) is 0 Å². The molecule has 1 aliphatic heterocycles. The van der Waals surface area contributed by atoms with Crippen molar-refractivity contribution in [1.29, 1.82) is 0 Å². The predicted octanol–water partition coefficient (Wildman–Crippen LogP) is 1.77. The number of benzene rings is 1. The first-order chi connectivity index (χ1) is 11.0. The zero-order chi connectivity index (χ0) is 16.4. The van der Waals surface area contributed by atoms with E-state index in [-0.39, 0.29) is 30.0 Å². The Bertz CT molecular complexity index is 731. The number of hydrogen-bond donors (Lipinski definition) is 1. The number of carbonyl (C=O) groups is 1. The summed E-state index contributed by atoms with van der Waals surface area (Å²) in [6.45, 7) is 1.24. The van der Waals surface area contributed by atoms with E-state index >= 15 is 0 Å². The number of likely N-dealkylation sites (tertiary alicyclic amines) is 1. The highest BCUT2D eigenvalue weighted by molar-refractivity contribution is 5.92.